The zero-order valence-corrected chi connectivity index (χ0v) is 10.8. The first-order valence-corrected chi connectivity index (χ1v) is 5.74. The predicted octanol–water partition coefficient (Wildman–Crippen LogP) is 0.803. The fraction of sp³-hybridized carbons (Fsp3) is 0.231. The predicted molar refractivity (Wildman–Crippen MR) is 65.7 cm³/mol. The average Bonchev–Trinajstić information content (AvgIpc) is 2.63. The number of nitriles is 1. The number of nitrogens with zero attached hydrogens (tertiary/aromatic N) is 2. The van der Waals surface area contributed by atoms with Crippen molar-refractivity contribution in [2.75, 3.05) is 0 Å². The minimum absolute atomic E-state index is 0.403. The van der Waals surface area contributed by atoms with Gasteiger partial charge in [0.1, 0.15) is 5.54 Å². The van der Waals surface area contributed by atoms with Crippen molar-refractivity contribution in [1.82, 2.24) is 10.4 Å². The van der Waals surface area contributed by atoms with Crippen LogP contribution in [0.4, 0.5) is 4.79 Å². The Hall–Kier alpha value is -2.88. The van der Waals surface area contributed by atoms with E-state index in [-0.39, 0.29) is 0 Å². The molecule has 3 amide bonds. The van der Waals surface area contributed by atoms with Crippen LogP contribution < -0.4 is 5.32 Å². The SMILES string of the molecule is CC(=O)ON1C(=O)NC(C)(c2ccc(C#N)cc2)C1=O. The maximum absolute atomic E-state index is 12.2. The summed E-state index contributed by atoms with van der Waals surface area (Å²) in [6.45, 7) is 2.59. The first kappa shape index (κ1) is 13.5. The molecule has 1 aromatic rings. The maximum atomic E-state index is 12.2. The van der Waals surface area contributed by atoms with Crippen LogP contribution in [0.15, 0.2) is 24.3 Å². The highest BCUT2D eigenvalue weighted by molar-refractivity contribution is 6.06. The number of carbonyl (C=O) groups excluding carboxylic acids is 3. The van der Waals surface area contributed by atoms with Crippen LogP contribution in [0.25, 0.3) is 0 Å². The Bertz CT molecular complexity index is 632. The average molecular weight is 273 g/mol. The van der Waals surface area contributed by atoms with Crippen LogP contribution in [0, 0.1) is 11.3 Å². The second-order valence-electron chi connectivity index (χ2n) is 4.43. The topological polar surface area (TPSA) is 99.5 Å². The molecule has 7 heteroatoms. The van der Waals surface area contributed by atoms with Crippen LogP contribution in [0.5, 0.6) is 0 Å². The van der Waals surface area contributed by atoms with Crippen molar-refractivity contribution in [3.63, 3.8) is 0 Å². The zero-order valence-electron chi connectivity index (χ0n) is 10.8. The number of amides is 3. The summed E-state index contributed by atoms with van der Waals surface area (Å²) in [5, 5.41) is 11.6. The van der Waals surface area contributed by atoms with Gasteiger partial charge in [0.2, 0.25) is 0 Å². The van der Waals surface area contributed by atoms with Crippen molar-refractivity contribution in [2.24, 2.45) is 0 Å². The summed E-state index contributed by atoms with van der Waals surface area (Å²) in [5.41, 5.74) is -0.406. The van der Waals surface area contributed by atoms with E-state index < -0.39 is 23.4 Å². The van der Waals surface area contributed by atoms with Gasteiger partial charge in [-0.05, 0) is 24.6 Å². The van der Waals surface area contributed by atoms with Crippen LogP contribution in [-0.4, -0.2) is 23.0 Å². The van der Waals surface area contributed by atoms with E-state index in [4.69, 9.17) is 5.26 Å². The molecule has 1 aromatic carbocycles. The second-order valence-corrected chi connectivity index (χ2v) is 4.43. The van der Waals surface area contributed by atoms with E-state index in [1.54, 1.807) is 12.1 Å². The van der Waals surface area contributed by atoms with Crippen LogP contribution in [0.1, 0.15) is 25.0 Å². The zero-order chi connectivity index (χ0) is 14.9. The molecular formula is C13H11N3O4. The molecule has 20 heavy (non-hydrogen) atoms. The Kier molecular flexibility index (Phi) is 3.16. The molecule has 2 rings (SSSR count). The quantitative estimate of drug-likeness (QED) is 0.803. The third kappa shape index (κ3) is 2.07. The van der Waals surface area contributed by atoms with Gasteiger partial charge in [-0.15, -0.1) is 0 Å². The summed E-state index contributed by atoms with van der Waals surface area (Å²) >= 11 is 0. The van der Waals surface area contributed by atoms with E-state index in [1.165, 1.54) is 19.1 Å². The van der Waals surface area contributed by atoms with Gasteiger partial charge in [0.05, 0.1) is 11.6 Å². The molecule has 1 fully saturated rings. The number of rotatable bonds is 2. The van der Waals surface area contributed by atoms with Gasteiger partial charge in [-0.3, -0.25) is 4.79 Å². The van der Waals surface area contributed by atoms with E-state index in [0.717, 1.165) is 6.92 Å². The van der Waals surface area contributed by atoms with Crippen LogP contribution in [0.2, 0.25) is 0 Å². The molecule has 0 radical (unpaired) electrons. The van der Waals surface area contributed by atoms with Crippen molar-refractivity contribution in [2.45, 2.75) is 19.4 Å². The lowest BCUT2D eigenvalue weighted by atomic mass is 9.92. The first-order chi connectivity index (χ1) is 9.38. The number of imide groups is 1. The molecule has 1 N–H and O–H groups in total. The van der Waals surface area contributed by atoms with Gasteiger partial charge < -0.3 is 10.2 Å². The second kappa shape index (κ2) is 4.66. The van der Waals surface area contributed by atoms with Gasteiger partial charge >= 0.3 is 12.0 Å². The number of nitrogens with one attached hydrogen (secondary N) is 1. The Morgan fingerprint density at radius 3 is 2.45 bits per heavy atom. The fourth-order valence-electron chi connectivity index (χ4n) is 1.90. The smallest absolute Gasteiger partial charge is 0.329 e. The Labute approximate surface area is 114 Å². The summed E-state index contributed by atoms with van der Waals surface area (Å²) in [4.78, 5) is 39.4. The van der Waals surface area contributed by atoms with E-state index >= 15 is 0 Å². The lowest BCUT2D eigenvalue weighted by molar-refractivity contribution is -0.182. The lowest BCUT2D eigenvalue weighted by Gasteiger charge is -2.21. The first-order valence-electron chi connectivity index (χ1n) is 5.74. The monoisotopic (exact) mass is 273 g/mol. The van der Waals surface area contributed by atoms with Gasteiger partial charge in [-0.1, -0.05) is 17.2 Å². The number of hydrogen-bond donors (Lipinski definition) is 1. The minimum Gasteiger partial charge on any atom is -0.329 e. The number of hydrogen-bond acceptors (Lipinski definition) is 5. The highest BCUT2D eigenvalue weighted by Crippen LogP contribution is 2.29. The molecule has 0 spiro atoms. The van der Waals surface area contributed by atoms with Crippen LogP contribution in [-0.2, 0) is 20.0 Å². The van der Waals surface area contributed by atoms with E-state index in [1.807, 2.05) is 6.07 Å². The summed E-state index contributed by atoms with van der Waals surface area (Å²) < 4.78 is 0. The molecule has 1 atom stereocenters. The molecule has 102 valence electrons. The Morgan fingerprint density at radius 2 is 1.95 bits per heavy atom. The molecule has 0 aromatic heterocycles. The highest BCUT2D eigenvalue weighted by atomic mass is 16.7. The maximum Gasteiger partial charge on any atom is 0.359 e. The van der Waals surface area contributed by atoms with Crippen molar-refractivity contribution >= 4 is 17.9 Å². The fourth-order valence-corrected chi connectivity index (χ4v) is 1.90. The third-order valence-corrected chi connectivity index (χ3v) is 2.96. The third-order valence-electron chi connectivity index (χ3n) is 2.96. The van der Waals surface area contributed by atoms with Gasteiger partial charge in [-0.25, -0.2) is 9.59 Å². The molecule has 0 saturated carbocycles. The summed E-state index contributed by atoms with van der Waals surface area (Å²) in [5.74, 6) is -1.46. The van der Waals surface area contributed by atoms with E-state index in [2.05, 4.69) is 10.2 Å². The minimum atomic E-state index is -1.33. The largest absolute Gasteiger partial charge is 0.359 e. The summed E-state index contributed by atoms with van der Waals surface area (Å²) in [7, 11) is 0. The molecule has 1 unspecified atom stereocenters. The molecule has 1 aliphatic heterocycles. The summed E-state index contributed by atoms with van der Waals surface area (Å²) in [6, 6.07) is 7.35. The normalized spacial score (nSPS) is 21.4. The summed E-state index contributed by atoms with van der Waals surface area (Å²) in [6.07, 6.45) is 0. The van der Waals surface area contributed by atoms with Crippen molar-refractivity contribution in [3.8, 4) is 6.07 Å². The molecule has 0 aliphatic carbocycles. The molecule has 1 aliphatic rings. The van der Waals surface area contributed by atoms with Crippen LogP contribution >= 0.6 is 0 Å². The Morgan fingerprint density at radius 1 is 1.35 bits per heavy atom. The van der Waals surface area contributed by atoms with Crippen molar-refractivity contribution in [1.29, 1.82) is 5.26 Å². The Balaban J connectivity index is 2.35. The standard InChI is InChI=1S/C13H11N3O4/c1-8(17)20-16-11(18)13(2,15-12(16)19)10-5-3-9(7-14)4-6-10/h3-6H,1-2H3,(H,15,19). The van der Waals surface area contributed by atoms with Crippen LogP contribution in [0.3, 0.4) is 0 Å². The van der Waals surface area contributed by atoms with Gasteiger partial charge in [0.25, 0.3) is 5.91 Å². The van der Waals surface area contributed by atoms with Crippen molar-refractivity contribution < 1.29 is 19.2 Å². The van der Waals surface area contributed by atoms with Crippen molar-refractivity contribution in [3.05, 3.63) is 35.4 Å². The highest BCUT2D eigenvalue weighted by Gasteiger charge is 2.51. The van der Waals surface area contributed by atoms with Gasteiger partial charge in [0.15, 0.2) is 0 Å². The molecular weight excluding hydrogens is 262 g/mol. The van der Waals surface area contributed by atoms with E-state index in [0.29, 0.717) is 16.2 Å². The molecule has 7 nitrogen and oxygen atoms in total. The molecule has 0 bridgehead atoms. The number of hydroxylamine groups is 2. The van der Waals surface area contributed by atoms with E-state index in [9.17, 15) is 14.4 Å². The van der Waals surface area contributed by atoms with Gasteiger partial charge in [0, 0.05) is 6.92 Å². The number of urea groups is 1. The van der Waals surface area contributed by atoms with Gasteiger partial charge in [-0.2, -0.15) is 5.26 Å². The molecule has 1 heterocycles. The lowest BCUT2D eigenvalue weighted by Crippen LogP contribution is -2.41. The number of carbonyl (C=O) groups is 3. The molecule has 1 saturated heterocycles. The number of benzene rings is 1.